The minimum Gasteiger partial charge on any atom is -0.457 e. The average Bonchev–Trinajstić information content (AvgIpc) is 2.16. The summed E-state index contributed by atoms with van der Waals surface area (Å²) < 4.78 is 27.1. The second kappa shape index (κ2) is 3.79. The van der Waals surface area contributed by atoms with Gasteiger partial charge in [-0.1, -0.05) is 12.1 Å². The predicted octanol–water partition coefficient (Wildman–Crippen LogP) is 1.54. The first-order valence-corrected chi connectivity index (χ1v) is 5.36. The third kappa shape index (κ3) is 1.93. The first kappa shape index (κ1) is 10.7. The lowest BCUT2D eigenvalue weighted by Gasteiger charge is -2.02. The molecule has 0 unspecified atom stereocenters. The molecule has 0 aromatic heterocycles. The number of carbonyl (C=O) groups is 1. The lowest BCUT2D eigenvalue weighted by Crippen LogP contribution is -2.14. The molecule has 0 saturated carbocycles. The van der Waals surface area contributed by atoms with Gasteiger partial charge in [0.1, 0.15) is 0 Å². The van der Waals surface area contributed by atoms with Crippen LogP contribution in [-0.2, 0) is 14.6 Å². The van der Waals surface area contributed by atoms with Crippen molar-refractivity contribution in [3.63, 3.8) is 0 Å². The predicted molar refractivity (Wildman–Crippen MR) is 50.8 cm³/mol. The Labute approximate surface area is 82.4 Å². The molecule has 0 spiro atoms. The zero-order valence-corrected chi connectivity index (χ0v) is 8.67. The highest BCUT2D eigenvalue weighted by Gasteiger charge is 2.25. The molecule has 76 valence electrons. The van der Waals surface area contributed by atoms with Gasteiger partial charge in [-0.3, -0.25) is 0 Å². The lowest BCUT2D eigenvalue weighted by atomic mass is 10.2. The molecule has 0 aliphatic rings. The van der Waals surface area contributed by atoms with E-state index >= 15 is 0 Å². The molecular formula is C9H10O4S. The van der Waals surface area contributed by atoms with Crippen LogP contribution in [0.25, 0.3) is 0 Å². The average molecular weight is 214 g/mol. The summed E-state index contributed by atoms with van der Waals surface area (Å²) in [5.41, 5.74) is 0.773. The first-order chi connectivity index (χ1) is 6.48. The van der Waals surface area contributed by atoms with Crippen LogP contribution in [0, 0.1) is 6.92 Å². The highest BCUT2D eigenvalue weighted by molar-refractivity contribution is 8.05. The van der Waals surface area contributed by atoms with Gasteiger partial charge >= 0.3 is 5.30 Å². The van der Waals surface area contributed by atoms with Gasteiger partial charge in [-0.2, -0.15) is 0 Å². The molecular weight excluding hydrogens is 204 g/mol. The first-order valence-electron chi connectivity index (χ1n) is 3.88. The van der Waals surface area contributed by atoms with Crippen molar-refractivity contribution in [1.29, 1.82) is 0 Å². The smallest absolute Gasteiger partial charge is 0.429 e. The molecule has 4 nitrogen and oxygen atoms in total. The quantitative estimate of drug-likeness (QED) is 0.665. The molecule has 0 amide bonds. The number of hydrogen-bond donors (Lipinski definition) is 0. The zero-order chi connectivity index (χ0) is 10.8. The molecule has 0 bridgehead atoms. The maximum atomic E-state index is 11.4. The minimum atomic E-state index is -3.97. The van der Waals surface area contributed by atoms with Gasteiger partial charge in [0, 0.05) is 0 Å². The van der Waals surface area contributed by atoms with Crippen LogP contribution in [0.15, 0.2) is 29.2 Å². The van der Waals surface area contributed by atoms with Gasteiger partial charge in [-0.15, -0.1) is 0 Å². The largest absolute Gasteiger partial charge is 0.457 e. The molecule has 5 heteroatoms. The number of ether oxygens (including phenoxy) is 1. The van der Waals surface area contributed by atoms with E-state index < -0.39 is 15.1 Å². The Bertz CT molecular complexity index is 448. The molecule has 1 aromatic rings. The van der Waals surface area contributed by atoms with Gasteiger partial charge in [0.2, 0.25) is 0 Å². The van der Waals surface area contributed by atoms with E-state index in [1.807, 2.05) is 0 Å². The van der Waals surface area contributed by atoms with E-state index in [2.05, 4.69) is 4.74 Å². The second-order valence-corrected chi connectivity index (χ2v) is 4.59. The number of aryl methyl sites for hydroxylation is 1. The number of carbonyl (C=O) groups excluding carboxylic acids is 1. The summed E-state index contributed by atoms with van der Waals surface area (Å²) in [6.45, 7) is 1.75. The number of hydrogen-bond acceptors (Lipinski definition) is 4. The van der Waals surface area contributed by atoms with Crippen molar-refractivity contribution < 1.29 is 17.9 Å². The van der Waals surface area contributed by atoms with Crippen molar-refractivity contribution in [2.24, 2.45) is 0 Å². The molecule has 0 fully saturated rings. The van der Waals surface area contributed by atoms with E-state index in [9.17, 15) is 13.2 Å². The van der Waals surface area contributed by atoms with Crippen molar-refractivity contribution in [3.05, 3.63) is 29.8 Å². The summed E-state index contributed by atoms with van der Waals surface area (Å²) in [5.74, 6) is 0. The molecule has 0 aliphatic carbocycles. The van der Waals surface area contributed by atoms with Crippen LogP contribution in [0.5, 0.6) is 0 Å². The van der Waals surface area contributed by atoms with Gasteiger partial charge in [0.25, 0.3) is 9.84 Å². The van der Waals surface area contributed by atoms with Crippen LogP contribution in [0.3, 0.4) is 0 Å². The zero-order valence-electron chi connectivity index (χ0n) is 7.85. The van der Waals surface area contributed by atoms with Crippen molar-refractivity contribution in [3.8, 4) is 0 Å². The topological polar surface area (TPSA) is 60.4 Å². The van der Waals surface area contributed by atoms with Crippen molar-refractivity contribution in [2.75, 3.05) is 7.11 Å². The number of sulfone groups is 1. The van der Waals surface area contributed by atoms with E-state index in [0.29, 0.717) is 0 Å². The Morgan fingerprint density at radius 2 is 2.00 bits per heavy atom. The summed E-state index contributed by atoms with van der Waals surface area (Å²) >= 11 is 0. The molecule has 0 atom stereocenters. The van der Waals surface area contributed by atoms with E-state index in [1.54, 1.807) is 19.1 Å². The SMILES string of the molecule is COC(=O)S(=O)(=O)c1cccc(C)c1. The summed E-state index contributed by atoms with van der Waals surface area (Å²) in [5, 5.41) is -1.23. The summed E-state index contributed by atoms with van der Waals surface area (Å²) in [4.78, 5) is 10.9. The summed E-state index contributed by atoms with van der Waals surface area (Å²) in [6, 6.07) is 6.10. The van der Waals surface area contributed by atoms with Gasteiger partial charge < -0.3 is 4.74 Å². The summed E-state index contributed by atoms with van der Waals surface area (Å²) in [7, 11) is -2.94. The van der Waals surface area contributed by atoms with Gasteiger partial charge in [0.05, 0.1) is 12.0 Å². The summed E-state index contributed by atoms with van der Waals surface area (Å²) in [6.07, 6.45) is 0. The van der Waals surface area contributed by atoms with E-state index in [-0.39, 0.29) is 4.90 Å². The fourth-order valence-corrected chi connectivity index (χ4v) is 2.00. The van der Waals surface area contributed by atoms with E-state index in [4.69, 9.17) is 0 Å². The van der Waals surface area contributed by atoms with Crippen LogP contribution in [-0.4, -0.2) is 20.8 Å². The molecule has 0 N–H and O–H groups in total. The molecule has 0 aliphatic heterocycles. The van der Waals surface area contributed by atoms with Gasteiger partial charge in [0.15, 0.2) is 0 Å². The fourth-order valence-electron chi connectivity index (χ4n) is 0.988. The second-order valence-electron chi connectivity index (χ2n) is 2.77. The van der Waals surface area contributed by atoms with Crippen LogP contribution < -0.4 is 0 Å². The Balaban J connectivity index is 3.24. The van der Waals surface area contributed by atoms with Crippen LogP contribution in [0.4, 0.5) is 4.79 Å². The number of rotatable bonds is 1. The lowest BCUT2D eigenvalue weighted by molar-refractivity contribution is 0.197. The molecule has 0 saturated heterocycles. The highest BCUT2D eigenvalue weighted by atomic mass is 32.2. The normalized spacial score (nSPS) is 11.0. The third-order valence-corrected chi connectivity index (χ3v) is 3.17. The maximum Gasteiger partial charge on any atom is 0.429 e. The van der Waals surface area contributed by atoms with Crippen LogP contribution >= 0.6 is 0 Å². The van der Waals surface area contributed by atoms with Crippen molar-refractivity contribution in [2.45, 2.75) is 11.8 Å². The highest BCUT2D eigenvalue weighted by Crippen LogP contribution is 2.14. The fraction of sp³-hybridized carbons (Fsp3) is 0.222. The van der Waals surface area contributed by atoms with Crippen molar-refractivity contribution >= 4 is 15.1 Å². The monoisotopic (exact) mass is 214 g/mol. The molecule has 1 aromatic carbocycles. The van der Waals surface area contributed by atoms with Gasteiger partial charge in [-0.05, 0) is 24.6 Å². The third-order valence-electron chi connectivity index (χ3n) is 1.69. The van der Waals surface area contributed by atoms with E-state index in [1.165, 1.54) is 12.1 Å². The maximum absolute atomic E-state index is 11.4. The van der Waals surface area contributed by atoms with Crippen LogP contribution in [0.1, 0.15) is 5.56 Å². The van der Waals surface area contributed by atoms with E-state index in [0.717, 1.165) is 12.7 Å². The minimum absolute atomic E-state index is 0.0376. The number of benzene rings is 1. The Hall–Kier alpha value is -1.36. The molecule has 14 heavy (non-hydrogen) atoms. The van der Waals surface area contributed by atoms with Crippen molar-refractivity contribution in [1.82, 2.24) is 0 Å². The van der Waals surface area contributed by atoms with Crippen LogP contribution in [0.2, 0.25) is 0 Å². The molecule has 0 radical (unpaired) electrons. The number of methoxy groups -OCH3 is 1. The Kier molecular flexibility index (Phi) is 2.90. The Morgan fingerprint density at radius 3 is 2.50 bits per heavy atom. The molecule has 0 heterocycles. The van der Waals surface area contributed by atoms with Gasteiger partial charge in [-0.25, -0.2) is 13.2 Å². The standard InChI is InChI=1S/C9H10O4S/c1-7-4-3-5-8(6-7)14(11,12)9(10)13-2/h3-6H,1-2H3. The Morgan fingerprint density at radius 1 is 1.36 bits per heavy atom. The molecule has 1 rings (SSSR count).